The minimum absolute atomic E-state index is 0.0779. The number of hydrogen-bond acceptors (Lipinski definition) is 5. The molecular formula is C10H13N3O3. The fourth-order valence-electron chi connectivity index (χ4n) is 1.82. The van der Waals surface area contributed by atoms with Gasteiger partial charge in [-0.25, -0.2) is 9.78 Å². The van der Waals surface area contributed by atoms with Gasteiger partial charge in [0, 0.05) is 13.1 Å². The molecule has 1 fully saturated rings. The Morgan fingerprint density at radius 1 is 1.62 bits per heavy atom. The van der Waals surface area contributed by atoms with E-state index in [1.54, 1.807) is 4.90 Å². The second-order valence-electron chi connectivity index (χ2n) is 3.83. The summed E-state index contributed by atoms with van der Waals surface area (Å²) < 4.78 is 0. The number of aliphatic hydroxyl groups is 1. The third kappa shape index (κ3) is 1.92. The van der Waals surface area contributed by atoms with Gasteiger partial charge in [0.25, 0.3) is 0 Å². The van der Waals surface area contributed by atoms with Crippen LogP contribution >= 0.6 is 0 Å². The Morgan fingerprint density at radius 2 is 2.38 bits per heavy atom. The number of rotatable bonds is 2. The maximum absolute atomic E-state index is 11.0. The summed E-state index contributed by atoms with van der Waals surface area (Å²) in [4.78, 5) is 16.8. The normalized spacial score (nSPS) is 20.1. The highest BCUT2D eigenvalue weighted by Crippen LogP contribution is 2.23. The zero-order valence-electron chi connectivity index (χ0n) is 8.63. The third-order valence-electron chi connectivity index (χ3n) is 2.58. The molecule has 0 aromatic carbocycles. The molecular weight excluding hydrogens is 210 g/mol. The van der Waals surface area contributed by atoms with Crippen molar-refractivity contribution in [3.05, 3.63) is 17.8 Å². The fourth-order valence-corrected chi connectivity index (χ4v) is 1.82. The lowest BCUT2D eigenvalue weighted by molar-refractivity contribution is 0.0697. The zero-order chi connectivity index (χ0) is 11.7. The smallest absolute Gasteiger partial charge is 0.339 e. The predicted octanol–water partition coefficient (Wildman–Crippen LogP) is -0.0670. The Bertz CT molecular complexity index is 422. The number of hydrogen-bond donors (Lipinski definition) is 3. The molecule has 1 atom stereocenters. The summed E-state index contributed by atoms with van der Waals surface area (Å²) in [7, 11) is 0. The van der Waals surface area contributed by atoms with Crippen LogP contribution in [0.25, 0.3) is 0 Å². The van der Waals surface area contributed by atoms with Crippen LogP contribution in [0.3, 0.4) is 0 Å². The first-order chi connectivity index (χ1) is 7.58. The Hall–Kier alpha value is -1.82. The topological polar surface area (TPSA) is 99.7 Å². The number of anilines is 2. The molecule has 2 heterocycles. The standard InChI is InChI=1S/C10H13N3O3/c11-6-3-8(10(15)16)9(12-4-6)13-2-1-7(14)5-13/h3-4,7,14H,1-2,5,11H2,(H,15,16). The van der Waals surface area contributed by atoms with Crippen LogP contribution < -0.4 is 10.6 Å². The molecule has 0 spiro atoms. The van der Waals surface area contributed by atoms with E-state index in [1.807, 2.05) is 0 Å². The highest BCUT2D eigenvalue weighted by Gasteiger charge is 2.25. The maximum atomic E-state index is 11.0. The van der Waals surface area contributed by atoms with E-state index in [4.69, 9.17) is 10.8 Å². The van der Waals surface area contributed by atoms with Crippen LogP contribution in [-0.4, -0.2) is 40.4 Å². The van der Waals surface area contributed by atoms with Crippen LogP contribution in [0.2, 0.25) is 0 Å². The van der Waals surface area contributed by atoms with Crippen molar-refractivity contribution in [2.75, 3.05) is 23.7 Å². The van der Waals surface area contributed by atoms with E-state index in [0.29, 0.717) is 31.0 Å². The van der Waals surface area contributed by atoms with Gasteiger partial charge in [-0.3, -0.25) is 0 Å². The number of aromatic nitrogens is 1. The monoisotopic (exact) mass is 223 g/mol. The second kappa shape index (κ2) is 3.97. The van der Waals surface area contributed by atoms with Gasteiger partial charge in [0.15, 0.2) is 0 Å². The van der Waals surface area contributed by atoms with E-state index in [2.05, 4.69) is 4.98 Å². The number of aromatic carboxylic acids is 1. The van der Waals surface area contributed by atoms with Gasteiger partial charge in [-0.05, 0) is 12.5 Å². The molecule has 1 saturated heterocycles. The molecule has 86 valence electrons. The van der Waals surface area contributed by atoms with Crippen LogP contribution in [-0.2, 0) is 0 Å². The van der Waals surface area contributed by atoms with Crippen molar-refractivity contribution in [2.45, 2.75) is 12.5 Å². The van der Waals surface area contributed by atoms with Crippen LogP contribution in [0.15, 0.2) is 12.3 Å². The van der Waals surface area contributed by atoms with Gasteiger partial charge in [0.05, 0.1) is 18.0 Å². The Balaban J connectivity index is 2.36. The zero-order valence-corrected chi connectivity index (χ0v) is 8.63. The van der Waals surface area contributed by atoms with E-state index in [9.17, 15) is 9.90 Å². The van der Waals surface area contributed by atoms with E-state index in [-0.39, 0.29) is 5.56 Å². The van der Waals surface area contributed by atoms with Crippen LogP contribution in [0.5, 0.6) is 0 Å². The largest absolute Gasteiger partial charge is 0.478 e. The summed E-state index contributed by atoms with van der Waals surface area (Å²) in [5.74, 6) is -0.686. The summed E-state index contributed by atoms with van der Waals surface area (Å²) >= 11 is 0. The average molecular weight is 223 g/mol. The molecule has 6 heteroatoms. The van der Waals surface area contributed by atoms with Gasteiger partial charge in [0.2, 0.25) is 0 Å². The molecule has 1 unspecified atom stereocenters. The molecule has 0 bridgehead atoms. The van der Waals surface area contributed by atoms with Crippen molar-refractivity contribution in [3.63, 3.8) is 0 Å². The number of nitrogens with two attached hydrogens (primary N) is 1. The quantitative estimate of drug-likeness (QED) is 0.649. The number of aliphatic hydroxyl groups excluding tert-OH is 1. The molecule has 0 saturated carbocycles. The van der Waals surface area contributed by atoms with Gasteiger partial charge >= 0.3 is 5.97 Å². The SMILES string of the molecule is Nc1cnc(N2CCC(O)C2)c(C(=O)O)c1. The third-order valence-corrected chi connectivity index (χ3v) is 2.58. The minimum atomic E-state index is -1.06. The molecule has 1 aliphatic rings. The van der Waals surface area contributed by atoms with Crippen molar-refractivity contribution in [2.24, 2.45) is 0 Å². The Labute approximate surface area is 92.3 Å². The van der Waals surface area contributed by atoms with Crippen LogP contribution in [0, 0.1) is 0 Å². The van der Waals surface area contributed by atoms with Crippen molar-refractivity contribution >= 4 is 17.5 Å². The lowest BCUT2D eigenvalue weighted by Crippen LogP contribution is -2.24. The number of nitrogen functional groups attached to an aromatic ring is 1. The van der Waals surface area contributed by atoms with E-state index < -0.39 is 12.1 Å². The molecule has 1 aliphatic heterocycles. The van der Waals surface area contributed by atoms with E-state index in [0.717, 1.165) is 0 Å². The average Bonchev–Trinajstić information content (AvgIpc) is 2.64. The first-order valence-corrected chi connectivity index (χ1v) is 4.99. The molecule has 4 N–H and O–H groups in total. The molecule has 2 rings (SSSR count). The number of carbonyl (C=O) groups is 1. The van der Waals surface area contributed by atoms with Gasteiger partial charge in [-0.2, -0.15) is 0 Å². The van der Waals surface area contributed by atoms with Crippen molar-refractivity contribution in [1.82, 2.24) is 4.98 Å². The van der Waals surface area contributed by atoms with Gasteiger partial charge in [0.1, 0.15) is 11.4 Å². The molecule has 1 aromatic rings. The lowest BCUT2D eigenvalue weighted by Gasteiger charge is -2.18. The number of nitrogens with zero attached hydrogens (tertiary/aromatic N) is 2. The summed E-state index contributed by atoms with van der Waals surface area (Å²) in [5.41, 5.74) is 5.90. The van der Waals surface area contributed by atoms with Crippen molar-refractivity contribution in [3.8, 4) is 0 Å². The number of pyridine rings is 1. The highest BCUT2D eigenvalue weighted by atomic mass is 16.4. The van der Waals surface area contributed by atoms with Gasteiger partial charge in [-0.15, -0.1) is 0 Å². The predicted molar refractivity (Wildman–Crippen MR) is 58.4 cm³/mol. The van der Waals surface area contributed by atoms with Crippen LogP contribution in [0.1, 0.15) is 16.8 Å². The van der Waals surface area contributed by atoms with E-state index >= 15 is 0 Å². The molecule has 1 aromatic heterocycles. The number of β-amino-alcohol motifs (C(OH)–C–C–N with tert-alkyl or cyclic N) is 1. The van der Waals surface area contributed by atoms with Gasteiger partial charge in [-0.1, -0.05) is 0 Å². The maximum Gasteiger partial charge on any atom is 0.339 e. The van der Waals surface area contributed by atoms with Gasteiger partial charge < -0.3 is 20.8 Å². The Morgan fingerprint density at radius 3 is 2.94 bits per heavy atom. The second-order valence-corrected chi connectivity index (χ2v) is 3.83. The first kappa shape index (κ1) is 10.7. The van der Waals surface area contributed by atoms with E-state index in [1.165, 1.54) is 12.3 Å². The number of carboxylic acids is 1. The molecule has 16 heavy (non-hydrogen) atoms. The lowest BCUT2D eigenvalue weighted by atomic mass is 10.2. The van der Waals surface area contributed by atoms with Crippen molar-refractivity contribution < 1.29 is 15.0 Å². The highest BCUT2D eigenvalue weighted by molar-refractivity contribution is 5.94. The number of carboxylic acid groups (broad SMARTS) is 1. The van der Waals surface area contributed by atoms with Crippen molar-refractivity contribution in [1.29, 1.82) is 0 Å². The molecule has 6 nitrogen and oxygen atoms in total. The summed E-state index contributed by atoms with van der Waals surface area (Å²) in [6, 6.07) is 1.38. The van der Waals surface area contributed by atoms with Crippen LogP contribution in [0.4, 0.5) is 11.5 Å². The summed E-state index contributed by atoms with van der Waals surface area (Å²) in [6.45, 7) is 1.02. The molecule has 0 radical (unpaired) electrons. The summed E-state index contributed by atoms with van der Waals surface area (Å²) in [5, 5.41) is 18.4. The first-order valence-electron chi connectivity index (χ1n) is 4.99. The molecule has 0 amide bonds. The minimum Gasteiger partial charge on any atom is -0.478 e. The Kier molecular flexibility index (Phi) is 2.66. The fraction of sp³-hybridized carbons (Fsp3) is 0.400. The molecule has 0 aliphatic carbocycles. The summed E-state index contributed by atoms with van der Waals surface area (Å²) in [6.07, 6.45) is 1.64.